The van der Waals surface area contributed by atoms with Gasteiger partial charge in [-0.1, -0.05) is 29.8 Å². The maximum absolute atomic E-state index is 6.00. The molecule has 0 aliphatic rings. The highest BCUT2D eigenvalue weighted by Crippen LogP contribution is 2.20. The molecule has 0 spiro atoms. The minimum atomic E-state index is 0.635. The zero-order chi connectivity index (χ0) is 15.9. The topological polar surface area (TPSA) is 25.4 Å². The van der Waals surface area contributed by atoms with E-state index in [2.05, 4.69) is 9.88 Å². The zero-order valence-corrected chi connectivity index (χ0v) is 14.0. The number of pyridine rings is 1. The standard InChI is InChI=1S/C18H21ClN2O/c1-14-7-10-18(22-12-11-21(2)3)17(20-14)9-8-15-5-4-6-16(19)13-15/h4-10,13H,11-12H2,1-3H3. The molecule has 3 nitrogen and oxygen atoms in total. The van der Waals surface area contributed by atoms with Crippen molar-refractivity contribution in [2.75, 3.05) is 27.2 Å². The molecule has 0 amide bonds. The molecule has 22 heavy (non-hydrogen) atoms. The lowest BCUT2D eigenvalue weighted by Gasteiger charge is -2.12. The fourth-order valence-electron chi connectivity index (χ4n) is 1.93. The molecule has 0 saturated carbocycles. The minimum absolute atomic E-state index is 0.635. The molecule has 0 unspecified atom stereocenters. The van der Waals surface area contributed by atoms with Gasteiger partial charge in [0.25, 0.3) is 0 Å². The third-order valence-electron chi connectivity index (χ3n) is 3.10. The largest absolute Gasteiger partial charge is 0.490 e. The lowest BCUT2D eigenvalue weighted by molar-refractivity contribution is 0.260. The molecule has 0 atom stereocenters. The summed E-state index contributed by atoms with van der Waals surface area (Å²) in [5.74, 6) is 0.797. The van der Waals surface area contributed by atoms with Crippen molar-refractivity contribution < 1.29 is 4.74 Å². The molecule has 0 saturated heterocycles. The average molecular weight is 317 g/mol. The van der Waals surface area contributed by atoms with E-state index in [0.717, 1.165) is 34.3 Å². The van der Waals surface area contributed by atoms with Crippen LogP contribution in [0.2, 0.25) is 5.02 Å². The second-order valence-electron chi connectivity index (χ2n) is 5.38. The predicted molar refractivity (Wildman–Crippen MR) is 93.4 cm³/mol. The fraction of sp³-hybridized carbons (Fsp3) is 0.278. The molecule has 0 bridgehead atoms. The van der Waals surface area contributed by atoms with Gasteiger partial charge < -0.3 is 9.64 Å². The first-order valence-electron chi connectivity index (χ1n) is 7.23. The Morgan fingerprint density at radius 1 is 1.18 bits per heavy atom. The SMILES string of the molecule is Cc1ccc(OCCN(C)C)c(C=Cc2cccc(Cl)c2)n1. The third-order valence-corrected chi connectivity index (χ3v) is 3.34. The normalized spacial score (nSPS) is 11.3. The summed E-state index contributed by atoms with van der Waals surface area (Å²) < 4.78 is 5.83. The maximum Gasteiger partial charge on any atom is 0.145 e. The van der Waals surface area contributed by atoms with Gasteiger partial charge in [-0.3, -0.25) is 0 Å². The van der Waals surface area contributed by atoms with Crippen LogP contribution >= 0.6 is 11.6 Å². The molecule has 2 aromatic rings. The van der Waals surface area contributed by atoms with Crippen LogP contribution in [0.3, 0.4) is 0 Å². The average Bonchev–Trinajstić information content (AvgIpc) is 2.47. The van der Waals surface area contributed by atoms with Crippen LogP contribution in [0.1, 0.15) is 17.0 Å². The summed E-state index contributed by atoms with van der Waals surface area (Å²) in [5.41, 5.74) is 2.83. The molecule has 0 N–H and O–H groups in total. The van der Waals surface area contributed by atoms with Crippen molar-refractivity contribution in [3.8, 4) is 5.75 Å². The molecule has 0 radical (unpaired) electrons. The van der Waals surface area contributed by atoms with Gasteiger partial charge in [0.15, 0.2) is 0 Å². The quantitative estimate of drug-likeness (QED) is 0.800. The number of aryl methyl sites for hydroxylation is 1. The van der Waals surface area contributed by atoms with Crippen molar-refractivity contribution in [1.82, 2.24) is 9.88 Å². The number of nitrogens with zero attached hydrogens (tertiary/aromatic N) is 2. The van der Waals surface area contributed by atoms with Crippen LogP contribution in [0.5, 0.6) is 5.75 Å². The lowest BCUT2D eigenvalue weighted by Crippen LogP contribution is -2.19. The molecule has 116 valence electrons. The monoisotopic (exact) mass is 316 g/mol. The number of aromatic nitrogens is 1. The molecule has 1 heterocycles. The first-order chi connectivity index (χ1) is 10.5. The van der Waals surface area contributed by atoms with E-state index in [4.69, 9.17) is 16.3 Å². The molecule has 2 rings (SSSR count). The van der Waals surface area contributed by atoms with Crippen LogP contribution in [0.25, 0.3) is 12.2 Å². The van der Waals surface area contributed by atoms with E-state index in [1.807, 2.05) is 69.6 Å². The van der Waals surface area contributed by atoms with Gasteiger partial charge in [0.2, 0.25) is 0 Å². The number of rotatable bonds is 6. The highest BCUT2D eigenvalue weighted by Gasteiger charge is 2.03. The van der Waals surface area contributed by atoms with E-state index in [-0.39, 0.29) is 0 Å². The highest BCUT2D eigenvalue weighted by molar-refractivity contribution is 6.30. The van der Waals surface area contributed by atoms with E-state index in [1.165, 1.54) is 0 Å². The summed E-state index contributed by atoms with van der Waals surface area (Å²) in [5, 5.41) is 0.724. The van der Waals surface area contributed by atoms with Crippen molar-refractivity contribution >= 4 is 23.8 Å². The number of hydrogen-bond acceptors (Lipinski definition) is 3. The van der Waals surface area contributed by atoms with Crippen molar-refractivity contribution in [3.05, 3.63) is 58.4 Å². The lowest BCUT2D eigenvalue weighted by atomic mass is 10.2. The van der Waals surface area contributed by atoms with Crippen molar-refractivity contribution in [2.45, 2.75) is 6.92 Å². The van der Waals surface area contributed by atoms with Crippen molar-refractivity contribution in [3.63, 3.8) is 0 Å². The van der Waals surface area contributed by atoms with Gasteiger partial charge in [0.1, 0.15) is 18.1 Å². The third kappa shape index (κ3) is 5.17. The minimum Gasteiger partial charge on any atom is -0.490 e. The summed E-state index contributed by atoms with van der Waals surface area (Å²) in [6.45, 7) is 3.47. The van der Waals surface area contributed by atoms with Crippen molar-refractivity contribution in [1.29, 1.82) is 0 Å². The summed E-state index contributed by atoms with van der Waals surface area (Å²) in [7, 11) is 4.05. The highest BCUT2D eigenvalue weighted by atomic mass is 35.5. The number of hydrogen-bond donors (Lipinski definition) is 0. The summed E-state index contributed by atoms with van der Waals surface area (Å²) >= 11 is 6.00. The van der Waals surface area contributed by atoms with Gasteiger partial charge in [-0.25, -0.2) is 4.98 Å². The molecular formula is C18H21ClN2O. The number of likely N-dealkylation sites (N-methyl/N-ethyl adjacent to an activating group) is 1. The molecule has 0 aliphatic carbocycles. The van der Waals surface area contributed by atoms with E-state index in [1.54, 1.807) is 0 Å². The summed E-state index contributed by atoms with van der Waals surface area (Å²) in [6.07, 6.45) is 3.95. The van der Waals surface area contributed by atoms with Crippen LogP contribution in [0, 0.1) is 6.92 Å². The van der Waals surface area contributed by atoms with Crippen LogP contribution in [-0.2, 0) is 0 Å². The molecule has 4 heteroatoms. The Morgan fingerprint density at radius 2 is 2.00 bits per heavy atom. The number of ether oxygens (including phenoxy) is 1. The Bertz CT molecular complexity index is 653. The predicted octanol–water partition coefficient (Wildman–Crippen LogP) is 4.15. The van der Waals surface area contributed by atoms with Gasteiger partial charge in [-0.15, -0.1) is 0 Å². The smallest absolute Gasteiger partial charge is 0.145 e. The summed E-state index contributed by atoms with van der Waals surface area (Å²) in [4.78, 5) is 6.64. The Kier molecular flexibility index (Phi) is 5.99. The van der Waals surface area contributed by atoms with Gasteiger partial charge in [0.05, 0.1) is 0 Å². The Labute approximate surface area is 137 Å². The van der Waals surface area contributed by atoms with Crippen LogP contribution in [-0.4, -0.2) is 37.1 Å². The Balaban J connectivity index is 2.16. The molecule has 0 aliphatic heterocycles. The first-order valence-corrected chi connectivity index (χ1v) is 7.61. The van der Waals surface area contributed by atoms with E-state index in [0.29, 0.717) is 6.61 Å². The van der Waals surface area contributed by atoms with Crippen LogP contribution < -0.4 is 4.74 Å². The van der Waals surface area contributed by atoms with E-state index >= 15 is 0 Å². The molecule has 1 aromatic carbocycles. The van der Waals surface area contributed by atoms with Gasteiger partial charge in [-0.2, -0.15) is 0 Å². The molecule has 1 aromatic heterocycles. The van der Waals surface area contributed by atoms with E-state index in [9.17, 15) is 0 Å². The summed E-state index contributed by atoms with van der Waals surface area (Å²) in [6, 6.07) is 11.6. The van der Waals surface area contributed by atoms with Crippen LogP contribution in [0.15, 0.2) is 36.4 Å². The van der Waals surface area contributed by atoms with Gasteiger partial charge in [-0.05, 0) is 56.9 Å². The van der Waals surface area contributed by atoms with Gasteiger partial charge in [0, 0.05) is 17.3 Å². The number of benzene rings is 1. The second kappa shape index (κ2) is 7.97. The zero-order valence-electron chi connectivity index (χ0n) is 13.2. The fourth-order valence-corrected chi connectivity index (χ4v) is 2.13. The maximum atomic E-state index is 6.00. The molecule has 0 fully saturated rings. The van der Waals surface area contributed by atoms with Gasteiger partial charge >= 0.3 is 0 Å². The Morgan fingerprint density at radius 3 is 2.73 bits per heavy atom. The first kappa shape index (κ1) is 16.5. The Hall–Kier alpha value is -1.84. The van der Waals surface area contributed by atoms with Crippen LogP contribution in [0.4, 0.5) is 0 Å². The molecular weight excluding hydrogens is 296 g/mol. The number of halogens is 1. The van der Waals surface area contributed by atoms with Crippen molar-refractivity contribution in [2.24, 2.45) is 0 Å². The van der Waals surface area contributed by atoms with E-state index < -0.39 is 0 Å². The second-order valence-corrected chi connectivity index (χ2v) is 5.81.